The summed E-state index contributed by atoms with van der Waals surface area (Å²) >= 11 is 0. The summed E-state index contributed by atoms with van der Waals surface area (Å²) in [6, 6.07) is 7.93. The van der Waals surface area contributed by atoms with Gasteiger partial charge < -0.3 is 4.90 Å². The third kappa shape index (κ3) is 2.80. The molecule has 2 aliphatic rings. The molecule has 0 radical (unpaired) electrons. The molecule has 1 aromatic carbocycles. The Labute approximate surface area is 132 Å². The lowest BCUT2D eigenvalue weighted by Crippen LogP contribution is -3.17. The van der Waals surface area contributed by atoms with Crippen molar-refractivity contribution in [2.45, 2.75) is 57.5 Å². The smallest absolute Gasteiger partial charge is 0.292 e. The van der Waals surface area contributed by atoms with Gasteiger partial charge in [0, 0.05) is 0 Å². The first-order chi connectivity index (χ1) is 10.6. The summed E-state index contributed by atoms with van der Waals surface area (Å²) < 4.78 is 0. The lowest BCUT2D eigenvalue weighted by molar-refractivity contribution is -0.922. The number of anilines is 1. The molecule has 118 valence electrons. The van der Waals surface area contributed by atoms with E-state index in [-0.39, 0.29) is 17.9 Å². The Balaban J connectivity index is 1.77. The van der Waals surface area contributed by atoms with Crippen LogP contribution in [-0.4, -0.2) is 30.9 Å². The average molecular weight is 301 g/mol. The molecule has 1 N–H and O–H groups in total. The molecule has 3 rings (SSSR count). The molecule has 0 bridgehead atoms. The van der Waals surface area contributed by atoms with Crippen molar-refractivity contribution in [3.8, 4) is 0 Å². The van der Waals surface area contributed by atoms with Gasteiger partial charge in [0.15, 0.2) is 6.04 Å². The zero-order valence-electron chi connectivity index (χ0n) is 13.5. The number of nitrogens with zero attached hydrogens (tertiary/aromatic N) is 1. The second-order valence-electron chi connectivity index (χ2n) is 6.74. The maximum Gasteiger partial charge on any atom is 0.292 e. The summed E-state index contributed by atoms with van der Waals surface area (Å²) in [5.41, 5.74) is 1.84. The monoisotopic (exact) mass is 301 g/mol. The summed E-state index contributed by atoms with van der Waals surface area (Å²) in [4.78, 5) is 27.7. The van der Waals surface area contributed by atoms with E-state index >= 15 is 0 Å². The Kier molecular flexibility index (Phi) is 4.30. The van der Waals surface area contributed by atoms with Gasteiger partial charge in [-0.3, -0.25) is 9.59 Å². The highest BCUT2D eigenvalue weighted by molar-refractivity contribution is 6.21. The molecule has 22 heavy (non-hydrogen) atoms. The number of hydrogen-bond donors (Lipinski definition) is 1. The molecule has 0 spiro atoms. The molecule has 2 fully saturated rings. The molecule has 4 heteroatoms. The molecule has 1 saturated heterocycles. The Morgan fingerprint density at radius 3 is 2.32 bits per heavy atom. The maximum absolute atomic E-state index is 12.8. The van der Waals surface area contributed by atoms with E-state index < -0.39 is 0 Å². The van der Waals surface area contributed by atoms with Crippen LogP contribution >= 0.6 is 0 Å². The number of amides is 2. The number of imide groups is 1. The fourth-order valence-corrected chi connectivity index (χ4v) is 3.80. The molecule has 1 aliphatic carbocycles. The van der Waals surface area contributed by atoms with E-state index in [2.05, 4.69) is 7.05 Å². The second-order valence-corrected chi connectivity index (χ2v) is 6.74. The van der Waals surface area contributed by atoms with E-state index in [0.29, 0.717) is 18.2 Å². The minimum atomic E-state index is -0.211. The number of likely N-dealkylation sites (N-methyl/N-ethyl adjacent to an activating group) is 1. The van der Waals surface area contributed by atoms with Gasteiger partial charge in [0.25, 0.3) is 5.91 Å². The molecular weight excluding hydrogens is 276 g/mol. The maximum atomic E-state index is 12.8. The molecule has 4 nitrogen and oxygen atoms in total. The van der Waals surface area contributed by atoms with Gasteiger partial charge in [0.05, 0.1) is 25.2 Å². The van der Waals surface area contributed by atoms with Gasteiger partial charge >= 0.3 is 0 Å². The zero-order chi connectivity index (χ0) is 15.7. The highest BCUT2D eigenvalue weighted by atomic mass is 16.2. The van der Waals surface area contributed by atoms with Crippen molar-refractivity contribution in [1.82, 2.24) is 0 Å². The van der Waals surface area contributed by atoms with Crippen molar-refractivity contribution in [2.24, 2.45) is 0 Å². The van der Waals surface area contributed by atoms with Crippen molar-refractivity contribution < 1.29 is 14.5 Å². The third-order valence-electron chi connectivity index (χ3n) is 5.24. The number of hydrogen-bond acceptors (Lipinski definition) is 2. The first-order valence-electron chi connectivity index (χ1n) is 8.34. The standard InChI is InChI=1S/C18H24N2O2/c1-13-8-10-15(11-9-13)20-17(21)12-16(18(20)22)19(2)14-6-4-3-5-7-14/h8-11,14,16H,3-7,12H2,1-2H3/p+1. The predicted molar refractivity (Wildman–Crippen MR) is 85.8 cm³/mol. The van der Waals surface area contributed by atoms with Crippen LogP contribution in [0.2, 0.25) is 0 Å². The Hall–Kier alpha value is -1.68. The van der Waals surface area contributed by atoms with E-state index in [0.717, 1.165) is 5.56 Å². The number of benzene rings is 1. The number of rotatable bonds is 3. The summed E-state index contributed by atoms with van der Waals surface area (Å²) in [7, 11) is 2.09. The summed E-state index contributed by atoms with van der Waals surface area (Å²) in [5.74, 6) is -0.0917. The van der Waals surface area contributed by atoms with E-state index in [1.165, 1.54) is 41.9 Å². The quantitative estimate of drug-likeness (QED) is 0.859. The van der Waals surface area contributed by atoms with Crippen molar-refractivity contribution in [2.75, 3.05) is 11.9 Å². The number of quaternary nitrogens is 1. The van der Waals surface area contributed by atoms with E-state index in [1.54, 1.807) is 0 Å². The highest BCUT2D eigenvalue weighted by Gasteiger charge is 2.46. The van der Waals surface area contributed by atoms with Crippen LogP contribution in [0.25, 0.3) is 0 Å². The average Bonchev–Trinajstić information content (AvgIpc) is 2.83. The van der Waals surface area contributed by atoms with Crippen LogP contribution in [0.15, 0.2) is 24.3 Å². The van der Waals surface area contributed by atoms with Crippen LogP contribution in [0.3, 0.4) is 0 Å². The van der Waals surface area contributed by atoms with Crippen LogP contribution in [0.1, 0.15) is 44.1 Å². The van der Waals surface area contributed by atoms with Gasteiger partial charge in [0.2, 0.25) is 5.91 Å². The molecule has 2 unspecified atom stereocenters. The van der Waals surface area contributed by atoms with Gasteiger partial charge in [-0.05, 0) is 44.7 Å². The predicted octanol–water partition coefficient (Wildman–Crippen LogP) is 1.47. The topological polar surface area (TPSA) is 41.8 Å². The largest absolute Gasteiger partial charge is 0.324 e. The van der Waals surface area contributed by atoms with Crippen LogP contribution in [0.4, 0.5) is 5.69 Å². The van der Waals surface area contributed by atoms with Gasteiger partial charge in [-0.2, -0.15) is 0 Å². The Bertz CT molecular complexity index is 561. The lowest BCUT2D eigenvalue weighted by Gasteiger charge is -2.31. The van der Waals surface area contributed by atoms with Gasteiger partial charge in [-0.1, -0.05) is 24.1 Å². The van der Waals surface area contributed by atoms with E-state index in [4.69, 9.17) is 0 Å². The minimum Gasteiger partial charge on any atom is -0.324 e. The van der Waals surface area contributed by atoms with Crippen molar-refractivity contribution >= 4 is 17.5 Å². The lowest BCUT2D eigenvalue weighted by atomic mass is 9.93. The highest BCUT2D eigenvalue weighted by Crippen LogP contribution is 2.23. The molecule has 2 amide bonds. The van der Waals surface area contributed by atoms with Crippen molar-refractivity contribution in [3.63, 3.8) is 0 Å². The minimum absolute atomic E-state index is 0.0306. The molecule has 1 aromatic rings. The number of nitrogens with one attached hydrogen (secondary N) is 1. The van der Waals surface area contributed by atoms with Gasteiger partial charge in [-0.25, -0.2) is 4.90 Å². The zero-order valence-corrected chi connectivity index (χ0v) is 13.5. The normalized spacial score (nSPS) is 24.8. The number of carbonyl (C=O) groups excluding carboxylic acids is 2. The molecular formula is C18H25N2O2+. The van der Waals surface area contributed by atoms with E-state index in [1.807, 2.05) is 31.2 Å². The van der Waals surface area contributed by atoms with Crippen LogP contribution in [0.5, 0.6) is 0 Å². The first kappa shape index (κ1) is 15.2. The first-order valence-corrected chi connectivity index (χ1v) is 8.34. The Morgan fingerprint density at radius 2 is 1.68 bits per heavy atom. The molecule has 1 aliphatic heterocycles. The Morgan fingerprint density at radius 1 is 1.05 bits per heavy atom. The van der Waals surface area contributed by atoms with Crippen LogP contribution in [0, 0.1) is 6.92 Å². The molecule has 1 heterocycles. The fraction of sp³-hybridized carbons (Fsp3) is 0.556. The summed E-state index contributed by atoms with van der Waals surface area (Å²) in [6.07, 6.45) is 6.49. The van der Waals surface area contributed by atoms with E-state index in [9.17, 15) is 9.59 Å². The summed E-state index contributed by atoms with van der Waals surface area (Å²) in [5, 5.41) is 0. The number of aryl methyl sites for hydroxylation is 1. The third-order valence-corrected chi connectivity index (χ3v) is 5.24. The van der Waals surface area contributed by atoms with Crippen LogP contribution < -0.4 is 9.80 Å². The van der Waals surface area contributed by atoms with Crippen LogP contribution in [-0.2, 0) is 9.59 Å². The number of carbonyl (C=O) groups is 2. The molecule has 2 atom stereocenters. The summed E-state index contributed by atoms with van der Waals surface area (Å²) in [6.45, 7) is 2.00. The molecule has 1 saturated carbocycles. The second kappa shape index (κ2) is 6.21. The van der Waals surface area contributed by atoms with Crippen molar-refractivity contribution in [3.05, 3.63) is 29.8 Å². The SMILES string of the molecule is Cc1ccc(N2C(=O)CC([NH+](C)C3CCCCC3)C2=O)cc1. The van der Waals surface area contributed by atoms with Gasteiger partial charge in [0.1, 0.15) is 0 Å². The van der Waals surface area contributed by atoms with Crippen molar-refractivity contribution in [1.29, 1.82) is 0 Å². The van der Waals surface area contributed by atoms with Gasteiger partial charge in [-0.15, -0.1) is 0 Å². The fourth-order valence-electron chi connectivity index (χ4n) is 3.80. The molecule has 0 aromatic heterocycles.